The molecule has 4 aromatic rings. The van der Waals surface area contributed by atoms with E-state index in [9.17, 15) is 4.39 Å². The normalized spacial score (nSPS) is 18.7. The number of halogens is 1. The summed E-state index contributed by atoms with van der Waals surface area (Å²) in [7, 11) is 1.55. The SMILES string of the molecule is COc1cc(C2=C(c3ccnc(Nc4ccc(N5C[C@@H](C)O[C@@H](C)C5)nc4)n3)N=C(c3ccc(F)cc3)C2)cnc1N. The second kappa shape index (κ2) is 11.5. The topological polar surface area (TPSA) is 124 Å². The van der Waals surface area contributed by atoms with E-state index in [4.69, 9.17) is 25.2 Å². The molecule has 3 N–H and O–H groups in total. The lowest BCUT2D eigenvalue weighted by Gasteiger charge is -2.36. The Hall–Kier alpha value is -4.90. The van der Waals surface area contributed by atoms with Gasteiger partial charge in [-0.25, -0.2) is 29.3 Å². The highest BCUT2D eigenvalue weighted by Gasteiger charge is 2.25. The van der Waals surface area contributed by atoms with E-state index in [2.05, 4.69) is 39.0 Å². The van der Waals surface area contributed by atoms with E-state index < -0.39 is 0 Å². The first-order valence-corrected chi connectivity index (χ1v) is 13.7. The smallest absolute Gasteiger partial charge is 0.227 e. The van der Waals surface area contributed by atoms with Crippen molar-refractivity contribution in [3.8, 4) is 5.75 Å². The van der Waals surface area contributed by atoms with Crippen LogP contribution in [0.15, 0.2) is 72.1 Å². The first-order chi connectivity index (χ1) is 20.4. The van der Waals surface area contributed by atoms with Gasteiger partial charge in [-0.2, -0.15) is 0 Å². The standard InChI is InChI=1S/C31H31FN8O2/c1-18-16-40(17-19(2)42-18)28-9-8-23(15-35-28)37-31-34-11-10-25(39-31)29-24(21-12-27(41-3)30(33)36-14-21)13-26(38-29)20-4-6-22(32)7-5-20/h4-12,14-15,18-19H,13,16-17H2,1-3H3,(H2,33,36)(H,34,37,39)/t18-,19+. The molecular formula is C31H31FN8O2. The van der Waals surface area contributed by atoms with Crippen molar-refractivity contribution in [1.29, 1.82) is 0 Å². The van der Waals surface area contributed by atoms with Crippen LogP contribution in [0.1, 0.15) is 37.1 Å². The van der Waals surface area contributed by atoms with Crippen LogP contribution in [0.3, 0.4) is 0 Å². The van der Waals surface area contributed by atoms with Crippen molar-refractivity contribution in [3.63, 3.8) is 0 Å². The lowest BCUT2D eigenvalue weighted by Crippen LogP contribution is -2.45. The molecule has 6 rings (SSSR count). The molecule has 0 spiro atoms. The van der Waals surface area contributed by atoms with Crippen LogP contribution in [-0.2, 0) is 4.74 Å². The average molecular weight is 567 g/mol. The van der Waals surface area contributed by atoms with E-state index in [1.54, 1.807) is 37.8 Å². The number of hydrogen-bond acceptors (Lipinski definition) is 10. The van der Waals surface area contributed by atoms with Gasteiger partial charge in [0, 0.05) is 37.5 Å². The van der Waals surface area contributed by atoms with Gasteiger partial charge in [0.15, 0.2) is 11.6 Å². The number of aliphatic imine (C=N–C) groups is 1. The van der Waals surface area contributed by atoms with Crippen LogP contribution >= 0.6 is 0 Å². The highest BCUT2D eigenvalue weighted by atomic mass is 19.1. The zero-order valence-electron chi connectivity index (χ0n) is 23.6. The number of benzene rings is 1. The van der Waals surface area contributed by atoms with E-state index in [-0.39, 0.29) is 18.0 Å². The second-order valence-electron chi connectivity index (χ2n) is 10.3. The first kappa shape index (κ1) is 27.3. The number of anilines is 4. The Bertz CT molecular complexity index is 1650. The van der Waals surface area contributed by atoms with Gasteiger partial charge in [-0.3, -0.25) is 0 Å². The van der Waals surface area contributed by atoms with Gasteiger partial charge >= 0.3 is 0 Å². The molecule has 0 unspecified atom stereocenters. The van der Waals surface area contributed by atoms with Gasteiger partial charge in [-0.05, 0) is 61.4 Å². The van der Waals surface area contributed by atoms with E-state index in [0.29, 0.717) is 35.3 Å². The predicted octanol–water partition coefficient (Wildman–Crippen LogP) is 5.12. The third-order valence-electron chi connectivity index (χ3n) is 7.15. The summed E-state index contributed by atoms with van der Waals surface area (Å²) >= 11 is 0. The summed E-state index contributed by atoms with van der Waals surface area (Å²) in [4.78, 5) is 25.3. The molecule has 5 heterocycles. The van der Waals surface area contributed by atoms with Crippen LogP contribution < -0.4 is 20.7 Å². The summed E-state index contributed by atoms with van der Waals surface area (Å²) in [6.07, 6.45) is 5.94. The minimum absolute atomic E-state index is 0.149. The molecule has 11 heteroatoms. The Labute approximate surface area is 243 Å². The van der Waals surface area contributed by atoms with Crippen molar-refractivity contribution in [3.05, 3.63) is 89.8 Å². The fourth-order valence-corrected chi connectivity index (χ4v) is 5.23. The first-order valence-electron chi connectivity index (χ1n) is 13.7. The molecule has 0 radical (unpaired) electrons. The number of methoxy groups -OCH3 is 1. The number of allylic oxidation sites excluding steroid dienone is 1. The van der Waals surface area contributed by atoms with Gasteiger partial charge in [-0.1, -0.05) is 12.1 Å². The van der Waals surface area contributed by atoms with Crippen molar-refractivity contribution >= 4 is 40.3 Å². The monoisotopic (exact) mass is 566 g/mol. The van der Waals surface area contributed by atoms with Gasteiger partial charge in [0.2, 0.25) is 5.95 Å². The number of nitrogens with one attached hydrogen (secondary N) is 1. The minimum atomic E-state index is -0.304. The van der Waals surface area contributed by atoms with Crippen LogP contribution in [0.25, 0.3) is 11.3 Å². The summed E-state index contributed by atoms with van der Waals surface area (Å²) in [6.45, 7) is 5.73. The number of aromatic nitrogens is 4. The van der Waals surface area contributed by atoms with Crippen molar-refractivity contribution in [1.82, 2.24) is 19.9 Å². The third kappa shape index (κ3) is 5.77. The van der Waals surface area contributed by atoms with Gasteiger partial charge in [0.05, 0.1) is 48.3 Å². The molecular weight excluding hydrogens is 535 g/mol. The Balaban J connectivity index is 1.30. The summed E-state index contributed by atoms with van der Waals surface area (Å²) in [5, 5.41) is 3.26. The van der Waals surface area contributed by atoms with Crippen LogP contribution in [0.4, 0.5) is 27.7 Å². The molecule has 2 aliphatic rings. The second-order valence-corrected chi connectivity index (χ2v) is 10.3. The van der Waals surface area contributed by atoms with E-state index >= 15 is 0 Å². The minimum Gasteiger partial charge on any atom is -0.493 e. The molecule has 1 fully saturated rings. The molecule has 2 aliphatic heterocycles. The molecule has 3 aromatic heterocycles. The number of rotatable bonds is 7. The number of hydrogen-bond donors (Lipinski definition) is 2. The number of ether oxygens (including phenoxy) is 2. The molecule has 0 saturated carbocycles. The van der Waals surface area contributed by atoms with Crippen LogP contribution in [0, 0.1) is 5.82 Å². The molecule has 0 aliphatic carbocycles. The highest BCUT2D eigenvalue weighted by molar-refractivity contribution is 6.16. The number of morpholine rings is 1. The summed E-state index contributed by atoms with van der Waals surface area (Å²) in [5.41, 5.74) is 11.3. The lowest BCUT2D eigenvalue weighted by molar-refractivity contribution is -0.00545. The number of nitrogen functional groups attached to an aromatic ring is 1. The number of pyridine rings is 2. The van der Waals surface area contributed by atoms with Crippen LogP contribution in [0.5, 0.6) is 5.75 Å². The molecule has 2 atom stereocenters. The highest BCUT2D eigenvalue weighted by Crippen LogP contribution is 2.38. The Kier molecular flexibility index (Phi) is 7.49. The Morgan fingerprint density at radius 3 is 2.48 bits per heavy atom. The number of nitrogens with two attached hydrogens (primary N) is 1. The molecule has 1 aromatic carbocycles. The van der Waals surface area contributed by atoms with Crippen molar-refractivity contribution in [2.45, 2.75) is 32.5 Å². The summed E-state index contributed by atoms with van der Waals surface area (Å²) < 4.78 is 24.9. The maximum absolute atomic E-state index is 13.6. The molecule has 10 nitrogen and oxygen atoms in total. The Morgan fingerprint density at radius 2 is 1.76 bits per heavy atom. The molecule has 0 bridgehead atoms. The molecule has 0 amide bonds. The predicted molar refractivity (Wildman–Crippen MR) is 161 cm³/mol. The maximum Gasteiger partial charge on any atom is 0.227 e. The lowest BCUT2D eigenvalue weighted by atomic mass is 9.98. The molecule has 42 heavy (non-hydrogen) atoms. The van der Waals surface area contributed by atoms with Crippen LogP contribution in [-0.4, -0.2) is 58.1 Å². The van der Waals surface area contributed by atoms with Crippen LogP contribution in [0.2, 0.25) is 0 Å². The van der Waals surface area contributed by atoms with Crippen molar-refractivity contribution in [2.75, 3.05) is 36.1 Å². The zero-order chi connectivity index (χ0) is 29.2. The van der Waals surface area contributed by atoms with Gasteiger partial charge in [0.1, 0.15) is 11.6 Å². The fraction of sp³-hybridized carbons (Fsp3) is 0.258. The maximum atomic E-state index is 13.6. The number of nitrogens with zero attached hydrogens (tertiary/aromatic N) is 6. The van der Waals surface area contributed by atoms with Gasteiger partial charge in [-0.15, -0.1) is 0 Å². The van der Waals surface area contributed by atoms with Gasteiger partial charge in [0.25, 0.3) is 0 Å². The van der Waals surface area contributed by atoms with Crippen molar-refractivity contribution in [2.24, 2.45) is 4.99 Å². The third-order valence-corrected chi connectivity index (χ3v) is 7.15. The van der Waals surface area contributed by atoms with Gasteiger partial charge < -0.3 is 25.4 Å². The van der Waals surface area contributed by atoms with Crippen molar-refractivity contribution < 1.29 is 13.9 Å². The zero-order valence-corrected chi connectivity index (χ0v) is 23.6. The summed E-state index contributed by atoms with van der Waals surface area (Å²) in [5.74, 6) is 1.76. The largest absolute Gasteiger partial charge is 0.493 e. The Morgan fingerprint density at radius 1 is 0.976 bits per heavy atom. The van der Waals surface area contributed by atoms with E-state index in [0.717, 1.165) is 47.0 Å². The fourth-order valence-electron chi connectivity index (χ4n) is 5.23. The quantitative estimate of drug-likeness (QED) is 0.314. The molecule has 214 valence electrons. The van der Waals surface area contributed by atoms with E-state index in [1.807, 2.05) is 24.3 Å². The average Bonchev–Trinajstić information content (AvgIpc) is 3.43. The van der Waals surface area contributed by atoms with E-state index in [1.165, 1.54) is 12.1 Å². The molecule has 1 saturated heterocycles. The summed E-state index contributed by atoms with van der Waals surface area (Å²) in [6, 6.07) is 13.9.